The highest BCUT2D eigenvalue weighted by Crippen LogP contribution is 2.22. The molecule has 0 bridgehead atoms. The Balaban J connectivity index is 1.56. The first-order valence-electron chi connectivity index (χ1n) is 9.26. The average Bonchev–Trinajstić information content (AvgIpc) is 3.10. The summed E-state index contributed by atoms with van der Waals surface area (Å²) in [7, 11) is 0. The predicted octanol–water partition coefficient (Wildman–Crippen LogP) is 2.81. The van der Waals surface area contributed by atoms with Gasteiger partial charge in [-0.3, -0.25) is 4.79 Å². The lowest BCUT2D eigenvalue weighted by atomic mass is 10.1. The van der Waals surface area contributed by atoms with Gasteiger partial charge in [-0.15, -0.1) is 5.10 Å². The number of rotatable bonds is 3. The zero-order valence-electron chi connectivity index (χ0n) is 15.4. The van der Waals surface area contributed by atoms with Gasteiger partial charge in [0.25, 0.3) is 5.91 Å². The summed E-state index contributed by atoms with van der Waals surface area (Å²) in [5, 5.41) is 8.37. The Bertz CT molecular complexity index is 925. The highest BCUT2D eigenvalue weighted by atomic mass is 16.2. The summed E-state index contributed by atoms with van der Waals surface area (Å²) in [5.74, 6) is -0.0634. The van der Waals surface area contributed by atoms with Gasteiger partial charge in [0.15, 0.2) is 5.69 Å². The highest BCUT2D eigenvalue weighted by molar-refractivity contribution is 5.93. The topological polar surface area (TPSA) is 77.0 Å². The van der Waals surface area contributed by atoms with E-state index in [9.17, 15) is 4.79 Å². The summed E-state index contributed by atoms with van der Waals surface area (Å²) in [6, 6.07) is 18.5. The molecule has 1 aliphatic heterocycles. The maximum atomic E-state index is 12.8. The van der Waals surface area contributed by atoms with E-state index in [2.05, 4.69) is 34.6 Å². The lowest BCUT2D eigenvalue weighted by molar-refractivity contribution is 0.0708. The quantitative estimate of drug-likeness (QED) is 0.778. The van der Waals surface area contributed by atoms with Gasteiger partial charge < -0.3 is 10.6 Å². The van der Waals surface area contributed by atoms with E-state index in [1.54, 1.807) is 4.68 Å². The molecule has 0 unspecified atom stereocenters. The molecule has 6 heteroatoms. The molecule has 0 atom stereocenters. The zero-order chi connectivity index (χ0) is 18.8. The fourth-order valence-electron chi connectivity index (χ4n) is 3.45. The van der Waals surface area contributed by atoms with Crippen LogP contribution in [0.15, 0.2) is 54.6 Å². The molecule has 4 rings (SSSR count). The standard InChI is InChI=1S/C21H23N5O/c1-15-20(21(27)25-13-11-18(22)12-14-25)23-24-26(15)19-9-7-17(8-10-19)16-5-3-2-4-6-16/h2-10,18H,11-14,22H2,1H3. The maximum Gasteiger partial charge on any atom is 0.276 e. The summed E-state index contributed by atoms with van der Waals surface area (Å²) < 4.78 is 1.72. The molecular weight excluding hydrogens is 338 g/mol. The monoisotopic (exact) mass is 361 g/mol. The number of aromatic nitrogens is 3. The minimum atomic E-state index is -0.0634. The van der Waals surface area contributed by atoms with Gasteiger partial charge in [0.05, 0.1) is 11.4 Å². The van der Waals surface area contributed by atoms with E-state index in [0.717, 1.165) is 29.8 Å². The second-order valence-corrected chi connectivity index (χ2v) is 6.98. The second kappa shape index (κ2) is 7.32. The van der Waals surface area contributed by atoms with Crippen LogP contribution in [-0.2, 0) is 0 Å². The first-order valence-corrected chi connectivity index (χ1v) is 9.26. The molecule has 138 valence electrons. The van der Waals surface area contributed by atoms with Crippen molar-refractivity contribution in [1.29, 1.82) is 0 Å². The Morgan fingerprint density at radius 3 is 2.30 bits per heavy atom. The SMILES string of the molecule is Cc1c(C(=O)N2CCC(N)CC2)nnn1-c1ccc(-c2ccccc2)cc1. The number of carbonyl (C=O) groups is 1. The largest absolute Gasteiger partial charge is 0.337 e. The van der Waals surface area contributed by atoms with Crippen LogP contribution in [0.1, 0.15) is 29.0 Å². The van der Waals surface area contributed by atoms with Gasteiger partial charge in [0.1, 0.15) is 0 Å². The minimum Gasteiger partial charge on any atom is -0.337 e. The Labute approximate surface area is 158 Å². The van der Waals surface area contributed by atoms with Gasteiger partial charge in [-0.1, -0.05) is 47.7 Å². The summed E-state index contributed by atoms with van der Waals surface area (Å²) in [6.45, 7) is 3.24. The molecule has 2 heterocycles. The van der Waals surface area contributed by atoms with Crippen molar-refractivity contribution in [2.24, 2.45) is 5.73 Å². The molecular formula is C21H23N5O. The van der Waals surface area contributed by atoms with Crippen molar-refractivity contribution in [3.63, 3.8) is 0 Å². The lowest BCUT2D eigenvalue weighted by Gasteiger charge is -2.29. The van der Waals surface area contributed by atoms with E-state index in [1.165, 1.54) is 5.56 Å². The van der Waals surface area contributed by atoms with Crippen LogP contribution < -0.4 is 5.73 Å². The number of nitrogens with two attached hydrogens (primary N) is 1. The zero-order valence-corrected chi connectivity index (χ0v) is 15.4. The van der Waals surface area contributed by atoms with Crippen LogP contribution >= 0.6 is 0 Å². The molecule has 1 amide bonds. The summed E-state index contributed by atoms with van der Waals surface area (Å²) in [6.07, 6.45) is 1.67. The van der Waals surface area contributed by atoms with Gasteiger partial charge in [-0.05, 0) is 43.0 Å². The fraction of sp³-hybridized carbons (Fsp3) is 0.286. The van der Waals surface area contributed by atoms with E-state index in [0.29, 0.717) is 18.8 Å². The summed E-state index contributed by atoms with van der Waals surface area (Å²) in [5.41, 5.74) is 10.3. The molecule has 0 spiro atoms. The maximum absolute atomic E-state index is 12.8. The van der Waals surface area contributed by atoms with Gasteiger partial charge in [-0.25, -0.2) is 4.68 Å². The Hall–Kier alpha value is -2.99. The van der Waals surface area contributed by atoms with Gasteiger partial charge >= 0.3 is 0 Å². The first kappa shape index (κ1) is 17.4. The lowest BCUT2D eigenvalue weighted by Crippen LogP contribution is -2.43. The number of carbonyl (C=O) groups excluding carboxylic acids is 1. The van der Waals surface area contributed by atoms with E-state index >= 15 is 0 Å². The average molecular weight is 361 g/mol. The molecule has 2 N–H and O–H groups in total. The van der Waals surface area contributed by atoms with E-state index in [1.807, 2.05) is 42.2 Å². The first-order chi connectivity index (χ1) is 13.1. The van der Waals surface area contributed by atoms with E-state index in [-0.39, 0.29) is 11.9 Å². The third kappa shape index (κ3) is 3.48. The smallest absolute Gasteiger partial charge is 0.276 e. The van der Waals surface area contributed by atoms with Crippen LogP contribution in [0.3, 0.4) is 0 Å². The van der Waals surface area contributed by atoms with Crippen molar-refractivity contribution in [3.05, 3.63) is 66.0 Å². The molecule has 6 nitrogen and oxygen atoms in total. The number of benzene rings is 2. The van der Waals surface area contributed by atoms with Crippen molar-refractivity contribution < 1.29 is 4.79 Å². The van der Waals surface area contributed by atoms with Gasteiger partial charge in [0, 0.05) is 19.1 Å². The van der Waals surface area contributed by atoms with Crippen molar-refractivity contribution in [2.75, 3.05) is 13.1 Å². The molecule has 0 aliphatic carbocycles. The van der Waals surface area contributed by atoms with E-state index < -0.39 is 0 Å². The minimum absolute atomic E-state index is 0.0634. The van der Waals surface area contributed by atoms with Crippen LogP contribution in [0.25, 0.3) is 16.8 Å². The summed E-state index contributed by atoms with van der Waals surface area (Å²) in [4.78, 5) is 14.6. The normalized spacial score (nSPS) is 15.1. The second-order valence-electron chi connectivity index (χ2n) is 6.98. The van der Waals surface area contributed by atoms with Crippen LogP contribution in [0.2, 0.25) is 0 Å². The van der Waals surface area contributed by atoms with Crippen LogP contribution in [0.5, 0.6) is 0 Å². The van der Waals surface area contributed by atoms with Crippen LogP contribution in [0.4, 0.5) is 0 Å². The molecule has 1 aliphatic rings. The number of hydrogen-bond donors (Lipinski definition) is 1. The van der Waals surface area contributed by atoms with Crippen molar-refractivity contribution in [2.45, 2.75) is 25.8 Å². The van der Waals surface area contributed by atoms with Crippen molar-refractivity contribution in [3.8, 4) is 16.8 Å². The molecule has 3 aromatic rings. The molecule has 0 saturated carbocycles. The molecule has 27 heavy (non-hydrogen) atoms. The number of amides is 1. The highest BCUT2D eigenvalue weighted by Gasteiger charge is 2.26. The van der Waals surface area contributed by atoms with Gasteiger partial charge in [-0.2, -0.15) is 0 Å². The molecule has 0 radical (unpaired) electrons. The third-order valence-electron chi connectivity index (χ3n) is 5.14. The molecule has 1 fully saturated rings. The Morgan fingerprint density at radius 2 is 1.63 bits per heavy atom. The van der Waals surface area contributed by atoms with E-state index in [4.69, 9.17) is 5.73 Å². The van der Waals surface area contributed by atoms with Crippen LogP contribution in [0, 0.1) is 6.92 Å². The number of piperidine rings is 1. The predicted molar refractivity (Wildman–Crippen MR) is 105 cm³/mol. The molecule has 2 aromatic carbocycles. The molecule has 1 aromatic heterocycles. The van der Waals surface area contributed by atoms with Crippen molar-refractivity contribution in [1.82, 2.24) is 19.9 Å². The Kier molecular flexibility index (Phi) is 4.73. The fourth-order valence-corrected chi connectivity index (χ4v) is 3.45. The number of hydrogen-bond acceptors (Lipinski definition) is 4. The molecule has 1 saturated heterocycles. The van der Waals surface area contributed by atoms with Crippen molar-refractivity contribution >= 4 is 5.91 Å². The summed E-state index contributed by atoms with van der Waals surface area (Å²) >= 11 is 0. The Morgan fingerprint density at radius 1 is 1.00 bits per heavy atom. The third-order valence-corrected chi connectivity index (χ3v) is 5.14. The van der Waals surface area contributed by atoms with Gasteiger partial charge in [0.2, 0.25) is 0 Å². The number of likely N-dealkylation sites (tertiary alicyclic amines) is 1. The number of nitrogens with zero attached hydrogens (tertiary/aromatic N) is 4. The van der Waals surface area contributed by atoms with Crippen LogP contribution in [-0.4, -0.2) is 44.9 Å².